The third kappa shape index (κ3) is 3.51. The van der Waals surface area contributed by atoms with E-state index in [2.05, 4.69) is 10.3 Å². The van der Waals surface area contributed by atoms with E-state index in [1.165, 1.54) is 13.1 Å². The number of benzene rings is 1. The number of amides is 1. The molecule has 3 aromatic rings. The molecule has 0 bridgehead atoms. The Hall–Kier alpha value is -2.75. The number of nitrogens with zero attached hydrogens (tertiary/aromatic N) is 2. The summed E-state index contributed by atoms with van der Waals surface area (Å²) in [6, 6.07) is 4.09. The first-order valence-corrected chi connectivity index (χ1v) is 9.10. The number of nitrogens with one attached hydrogen (secondary N) is 1. The van der Waals surface area contributed by atoms with Gasteiger partial charge < -0.3 is 5.32 Å². The topological polar surface area (TPSA) is 63.5 Å². The van der Waals surface area contributed by atoms with Gasteiger partial charge in [-0.2, -0.15) is 13.2 Å². The standard InChI is InChI=1S/C18H15F4N3O2S/c1-3-12-15(16(27)23-2)25-13(26)8-10(24-17(25)28-12)7-9-5-4-6-11(14(9)19)18(20,21)22/h4-6,8H,3,7H2,1-2H3,(H,23,27). The van der Waals surface area contributed by atoms with Crippen molar-refractivity contribution < 1.29 is 22.4 Å². The van der Waals surface area contributed by atoms with E-state index in [1.807, 2.05) is 6.92 Å². The van der Waals surface area contributed by atoms with E-state index >= 15 is 0 Å². The monoisotopic (exact) mass is 413 g/mol. The Morgan fingerprint density at radius 1 is 1.32 bits per heavy atom. The third-order valence-electron chi connectivity index (χ3n) is 4.16. The summed E-state index contributed by atoms with van der Waals surface area (Å²) in [4.78, 5) is 29.8. The van der Waals surface area contributed by atoms with Crippen LogP contribution in [-0.4, -0.2) is 22.3 Å². The zero-order chi connectivity index (χ0) is 20.6. The van der Waals surface area contributed by atoms with Crippen LogP contribution in [0.3, 0.4) is 0 Å². The van der Waals surface area contributed by atoms with Crippen LogP contribution in [0.5, 0.6) is 0 Å². The van der Waals surface area contributed by atoms with Crippen LogP contribution in [0.25, 0.3) is 4.96 Å². The van der Waals surface area contributed by atoms with Crippen LogP contribution >= 0.6 is 11.3 Å². The van der Waals surface area contributed by atoms with E-state index in [0.717, 1.165) is 27.9 Å². The maximum absolute atomic E-state index is 14.3. The summed E-state index contributed by atoms with van der Waals surface area (Å²) >= 11 is 1.14. The van der Waals surface area contributed by atoms with Gasteiger partial charge in [-0.15, -0.1) is 11.3 Å². The Labute approximate surface area is 160 Å². The van der Waals surface area contributed by atoms with Crippen LogP contribution in [0.2, 0.25) is 0 Å². The summed E-state index contributed by atoms with van der Waals surface area (Å²) in [6.45, 7) is 1.82. The third-order valence-corrected chi connectivity index (χ3v) is 5.35. The van der Waals surface area contributed by atoms with Gasteiger partial charge in [-0.25, -0.2) is 13.8 Å². The summed E-state index contributed by atoms with van der Waals surface area (Å²) in [5.74, 6) is -1.83. The van der Waals surface area contributed by atoms with E-state index in [-0.39, 0.29) is 28.3 Å². The van der Waals surface area contributed by atoms with Gasteiger partial charge in [-0.3, -0.25) is 9.59 Å². The van der Waals surface area contributed by atoms with Gasteiger partial charge in [0.1, 0.15) is 11.5 Å². The zero-order valence-electron chi connectivity index (χ0n) is 14.9. The average molecular weight is 413 g/mol. The minimum Gasteiger partial charge on any atom is -0.354 e. The predicted molar refractivity (Wildman–Crippen MR) is 96.3 cm³/mol. The van der Waals surface area contributed by atoms with E-state index in [4.69, 9.17) is 0 Å². The molecule has 5 nitrogen and oxygen atoms in total. The lowest BCUT2D eigenvalue weighted by atomic mass is 10.0. The van der Waals surface area contributed by atoms with Gasteiger partial charge in [0.15, 0.2) is 4.96 Å². The molecule has 10 heteroatoms. The highest BCUT2D eigenvalue weighted by Crippen LogP contribution is 2.33. The number of alkyl halides is 3. The van der Waals surface area contributed by atoms with E-state index in [0.29, 0.717) is 17.4 Å². The van der Waals surface area contributed by atoms with Gasteiger partial charge in [-0.05, 0) is 18.1 Å². The molecular formula is C18H15F4N3O2S. The number of aryl methyl sites for hydroxylation is 1. The fourth-order valence-corrected chi connectivity index (χ4v) is 3.95. The van der Waals surface area contributed by atoms with Crippen molar-refractivity contribution in [1.29, 1.82) is 0 Å². The molecule has 0 aliphatic heterocycles. The Morgan fingerprint density at radius 3 is 2.64 bits per heavy atom. The molecule has 1 aromatic carbocycles. The fourth-order valence-electron chi connectivity index (χ4n) is 2.87. The maximum atomic E-state index is 14.3. The Morgan fingerprint density at radius 2 is 2.04 bits per heavy atom. The van der Waals surface area contributed by atoms with E-state index in [9.17, 15) is 27.2 Å². The molecule has 0 unspecified atom stereocenters. The Balaban J connectivity index is 2.10. The highest BCUT2D eigenvalue weighted by molar-refractivity contribution is 7.17. The molecule has 0 fully saturated rings. The second kappa shape index (κ2) is 7.34. The molecule has 2 aromatic heterocycles. The normalized spacial score (nSPS) is 11.8. The van der Waals surface area contributed by atoms with Crippen LogP contribution in [0.15, 0.2) is 29.1 Å². The minimum absolute atomic E-state index is 0.121. The predicted octanol–water partition coefficient (Wildman–Crippen LogP) is 3.43. The lowest BCUT2D eigenvalue weighted by Crippen LogP contribution is -2.26. The number of fused-ring (bicyclic) bond motifs is 1. The summed E-state index contributed by atoms with van der Waals surface area (Å²) in [5, 5.41) is 2.47. The molecule has 1 amide bonds. The van der Waals surface area contributed by atoms with E-state index < -0.39 is 29.0 Å². The maximum Gasteiger partial charge on any atom is 0.419 e. The van der Waals surface area contributed by atoms with Gasteiger partial charge in [0.25, 0.3) is 11.5 Å². The van der Waals surface area contributed by atoms with Gasteiger partial charge >= 0.3 is 6.18 Å². The Kier molecular flexibility index (Phi) is 5.24. The number of rotatable bonds is 4. The first-order valence-electron chi connectivity index (χ1n) is 8.28. The van der Waals surface area contributed by atoms with Crippen molar-refractivity contribution in [3.8, 4) is 0 Å². The lowest BCUT2D eigenvalue weighted by molar-refractivity contribution is -0.140. The molecule has 0 spiro atoms. The molecule has 28 heavy (non-hydrogen) atoms. The number of carbonyl (C=O) groups is 1. The highest BCUT2D eigenvalue weighted by Gasteiger charge is 2.34. The van der Waals surface area contributed by atoms with Crippen molar-refractivity contribution in [2.75, 3.05) is 7.05 Å². The molecule has 3 rings (SSSR count). The minimum atomic E-state index is -4.82. The molecule has 0 radical (unpaired) electrons. The summed E-state index contributed by atoms with van der Waals surface area (Å²) in [5.41, 5.74) is -1.84. The number of carbonyl (C=O) groups excluding carboxylic acids is 1. The van der Waals surface area contributed by atoms with Crippen molar-refractivity contribution in [3.05, 3.63) is 67.8 Å². The average Bonchev–Trinajstić information content (AvgIpc) is 3.01. The van der Waals surface area contributed by atoms with Gasteiger partial charge in [-0.1, -0.05) is 19.1 Å². The molecule has 0 saturated carbocycles. The first-order chi connectivity index (χ1) is 13.2. The van der Waals surface area contributed by atoms with Crippen LogP contribution in [0, 0.1) is 5.82 Å². The molecule has 2 heterocycles. The largest absolute Gasteiger partial charge is 0.419 e. The van der Waals surface area contributed by atoms with Crippen molar-refractivity contribution in [3.63, 3.8) is 0 Å². The number of halogens is 4. The van der Waals surface area contributed by atoms with Gasteiger partial charge in [0, 0.05) is 24.4 Å². The van der Waals surface area contributed by atoms with Crippen LogP contribution < -0.4 is 10.9 Å². The second-order valence-electron chi connectivity index (χ2n) is 5.96. The zero-order valence-corrected chi connectivity index (χ0v) is 15.7. The molecule has 148 valence electrons. The lowest BCUT2D eigenvalue weighted by Gasteiger charge is -2.11. The summed E-state index contributed by atoms with van der Waals surface area (Å²) in [7, 11) is 1.44. The van der Waals surface area contributed by atoms with Crippen molar-refractivity contribution in [2.45, 2.75) is 25.9 Å². The van der Waals surface area contributed by atoms with E-state index in [1.54, 1.807) is 0 Å². The van der Waals surface area contributed by atoms with Crippen LogP contribution in [0.1, 0.15) is 39.1 Å². The Bertz CT molecular complexity index is 1120. The molecule has 0 aliphatic carbocycles. The number of hydrogen-bond donors (Lipinski definition) is 1. The van der Waals surface area contributed by atoms with Gasteiger partial charge in [0.05, 0.1) is 11.3 Å². The van der Waals surface area contributed by atoms with Crippen LogP contribution in [0.4, 0.5) is 17.6 Å². The molecule has 0 saturated heterocycles. The van der Waals surface area contributed by atoms with Crippen LogP contribution in [-0.2, 0) is 19.0 Å². The first kappa shape index (κ1) is 20.0. The second-order valence-corrected chi connectivity index (χ2v) is 7.03. The van der Waals surface area contributed by atoms with Crippen molar-refractivity contribution >= 4 is 22.2 Å². The molecule has 0 aliphatic rings. The number of hydrogen-bond acceptors (Lipinski definition) is 4. The fraction of sp³-hybridized carbons (Fsp3) is 0.278. The SMILES string of the molecule is CCc1sc2nc(Cc3cccc(C(F)(F)F)c3F)cc(=O)n2c1C(=O)NC. The summed E-state index contributed by atoms with van der Waals surface area (Å²) < 4.78 is 54.1. The van der Waals surface area contributed by atoms with Crippen molar-refractivity contribution in [2.24, 2.45) is 0 Å². The number of aromatic nitrogens is 2. The summed E-state index contributed by atoms with van der Waals surface area (Å²) in [6.07, 6.45) is -4.60. The van der Waals surface area contributed by atoms with Gasteiger partial charge in [0.2, 0.25) is 0 Å². The molecule has 0 atom stereocenters. The smallest absolute Gasteiger partial charge is 0.354 e. The number of thiazole rings is 1. The quantitative estimate of drug-likeness (QED) is 0.667. The highest BCUT2D eigenvalue weighted by atomic mass is 32.1. The molecular weight excluding hydrogens is 398 g/mol. The molecule has 1 N–H and O–H groups in total. The van der Waals surface area contributed by atoms with Crippen molar-refractivity contribution in [1.82, 2.24) is 14.7 Å².